The molecule has 0 atom stereocenters. The fourth-order valence-electron chi connectivity index (χ4n) is 3.48. The number of nitrogens with zero attached hydrogens (tertiary/aromatic N) is 2. The van der Waals surface area contributed by atoms with E-state index in [2.05, 4.69) is 19.2 Å². The number of hydrogen-bond acceptors (Lipinski definition) is 6. The average Bonchev–Trinajstić information content (AvgIpc) is 2.94. The smallest absolute Gasteiger partial charge is 0.354 e. The van der Waals surface area contributed by atoms with Gasteiger partial charge in [0.2, 0.25) is 0 Å². The molecule has 1 N–H and O–H groups in total. The van der Waals surface area contributed by atoms with Crippen molar-refractivity contribution >= 4 is 24.0 Å². The van der Waals surface area contributed by atoms with Crippen LogP contribution in [0, 0.1) is 22.7 Å². The number of esters is 1. The van der Waals surface area contributed by atoms with Gasteiger partial charge >= 0.3 is 5.97 Å². The van der Waals surface area contributed by atoms with Gasteiger partial charge in [-0.15, -0.1) is 0 Å². The molecule has 0 fully saturated rings. The van der Waals surface area contributed by atoms with Crippen LogP contribution in [0.15, 0.2) is 83.9 Å². The van der Waals surface area contributed by atoms with E-state index in [0.29, 0.717) is 17.0 Å². The Labute approximate surface area is 222 Å². The highest BCUT2D eigenvalue weighted by Gasteiger charge is 2.16. The van der Waals surface area contributed by atoms with Crippen molar-refractivity contribution in [3.05, 3.63) is 106 Å². The fourth-order valence-corrected chi connectivity index (χ4v) is 3.48. The van der Waals surface area contributed by atoms with Crippen molar-refractivity contribution in [2.45, 2.75) is 26.3 Å². The topological polar surface area (TPSA) is 112 Å². The molecule has 0 saturated heterocycles. The van der Waals surface area contributed by atoms with Crippen LogP contribution in [0.1, 0.15) is 42.0 Å². The second-order valence-electron chi connectivity index (χ2n) is 8.63. The maximum atomic E-state index is 12.7. The first kappa shape index (κ1) is 27.4. The summed E-state index contributed by atoms with van der Waals surface area (Å²) in [6.45, 7) is 4.45. The molecule has 0 aromatic heterocycles. The molecule has 0 saturated carbocycles. The molecule has 0 heterocycles. The number of benzene rings is 3. The van der Waals surface area contributed by atoms with Crippen molar-refractivity contribution in [3.63, 3.8) is 0 Å². The Bertz CT molecular complexity index is 1440. The van der Waals surface area contributed by atoms with Gasteiger partial charge in [-0.25, -0.2) is 4.79 Å². The molecule has 0 unspecified atom stereocenters. The number of amides is 1. The van der Waals surface area contributed by atoms with Crippen LogP contribution in [0.2, 0.25) is 0 Å². The Morgan fingerprint density at radius 2 is 1.50 bits per heavy atom. The van der Waals surface area contributed by atoms with Crippen molar-refractivity contribution in [2.75, 3.05) is 7.11 Å². The lowest BCUT2D eigenvalue weighted by Crippen LogP contribution is -2.23. The van der Waals surface area contributed by atoms with Gasteiger partial charge in [0.05, 0.1) is 7.11 Å². The van der Waals surface area contributed by atoms with Gasteiger partial charge in [0.25, 0.3) is 5.91 Å². The first-order valence-electron chi connectivity index (χ1n) is 11.9. The van der Waals surface area contributed by atoms with E-state index in [1.54, 1.807) is 6.07 Å². The second-order valence-corrected chi connectivity index (χ2v) is 8.63. The van der Waals surface area contributed by atoms with Crippen molar-refractivity contribution in [1.82, 2.24) is 5.32 Å². The minimum atomic E-state index is -0.833. The third-order valence-corrected chi connectivity index (χ3v) is 5.62. The number of rotatable bonds is 9. The Morgan fingerprint density at radius 3 is 2.11 bits per heavy atom. The van der Waals surface area contributed by atoms with Gasteiger partial charge in [-0.3, -0.25) is 4.79 Å². The molecule has 3 aromatic carbocycles. The summed E-state index contributed by atoms with van der Waals surface area (Å²) in [5.41, 5.74) is 2.99. The molecule has 0 aliphatic carbocycles. The molecule has 0 bridgehead atoms. The summed E-state index contributed by atoms with van der Waals surface area (Å²) in [5, 5.41) is 21.7. The molecule has 0 radical (unpaired) electrons. The van der Waals surface area contributed by atoms with E-state index in [1.165, 1.54) is 31.4 Å². The van der Waals surface area contributed by atoms with E-state index < -0.39 is 11.9 Å². The molecule has 38 heavy (non-hydrogen) atoms. The largest absolute Gasteiger partial charge is 0.493 e. The standard InChI is InChI=1S/C31H27N3O4/c1-21(2)25-12-9-22(10-13-25)15-27(19-33)31(36)38-28-14-11-24(17-29(28)37-3)16-26(18-32)30(35)34-20-23-7-5-4-6-8-23/h4-17,21H,20H2,1-3H3,(H,34,35)/b26-16+,27-15+. The van der Waals surface area contributed by atoms with Gasteiger partial charge in [0, 0.05) is 6.54 Å². The van der Waals surface area contributed by atoms with Crippen LogP contribution in [-0.2, 0) is 16.1 Å². The van der Waals surface area contributed by atoms with E-state index in [0.717, 1.165) is 11.1 Å². The molecule has 3 rings (SSSR count). The second kappa shape index (κ2) is 13.2. The zero-order chi connectivity index (χ0) is 27.5. The van der Waals surface area contributed by atoms with E-state index in [4.69, 9.17) is 9.47 Å². The van der Waals surface area contributed by atoms with E-state index in [1.807, 2.05) is 66.7 Å². The third-order valence-electron chi connectivity index (χ3n) is 5.62. The van der Waals surface area contributed by atoms with Crippen molar-refractivity contribution in [3.8, 4) is 23.6 Å². The SMILES string of the molecule is COc1cc(/C=C(\C#N)C(=O)NCc2ccccc2)ccc1OC(=O)/C(C#N)=C/c1ccc(C(C)C)cc1. The monoisotopic (exact) mass is 505 g/mol. The van der Waals surface area contributed by atoms with Crippen LogP contribution in [-0.4, -0.2) is 19.0 Å². The molecule has 0 aliphatic rings. The highest BCUT2D eigenvalue weighted by molar-refractivity contribution is 6.02. The molecular formula is C31H27N3O4. The molecule has 0 spiro atoms. The van der Waals surface area contributed by atoms with Gasteiger partial charge in [0.1, 0.15) is 23.3 Å². The van der Waals surface area contributed by atoms with Gasteiger partial charge in [-0.2, -0.15) is 10.5 Å². The summed E-state index contributed by atoms with van der Waals surface area (Å²) in [6, 6.07) is 25.3. The minimum absolute atomic E-state index is 0.0917. The van der Waals surface area contributed by atoms with E-state index >= 15 is 0 Å². The summed E-state index contributed by atoms with van der Waals surface area (Å²) in [6.07, 6.45) is 2.87. The molecule has 7 heteroatoms. The van der Waals surface area contributed by atoms with Crippen LogP contribution in [0.5, 0.6) is 11.5 Å². The highest BCUT2D eigenvalue weighted by Crippen LogP contribution is 2.30. The van der Waals surface area contributed by atoms with E-state index in [9.17, 15) is 20.1 Å². The number of ether oxygens (including phenoxy) is 2. The Hall–Kier alpha value is -5.14. The lowest BCUT2D eigenvalue weighted by atomic mass is 10.0. The summed E-state index contributed by atoms with van der Waals surface area (Å²) in [7, 11) is 1.40. The van der Waals surface area contributed by atoms with Crippen LogP contribution >= 0.6 is 0 Å². The lowest BCUT2D eigenvalue weighted by molar-refractivity contribution is -0.129. The molecule has 190 valence electrons. The van der Waals surface area contributed by atoms with Gasteiger partial charge in [-0.1, -0.05) is 74.5 Å². The van der Waals surface area contributed by atoms with Crippen LogP contribution in [0.25, 0.3) is 12.2 Å². The summed E-state index contributed by atoms with van der Waals surface area (Å²) >= 11 is 0. The number of hydrogen-bond donors (Lipinski definition) is 1. The molecule has 3 aromatic rings. The van der Waals surface area contributed by atoms with Gasteiger partial charge in [0.15, 0.2) is 11.5 Å². The number of nitriles is 2. The Morgan fingerprint density at radius 1 is 0.868 bits per heavy atom. The maximum absolute atomic E-state index is 12.7. The van der Waals surface area contributed by atoms with Crippen LogP contribution < -0.4 is 14.8 Å². The number of carbonyl (C=O) groups is 2. The normalized spacial score (nSPS) is 11.3. The quantitative estimate of drug-likeness (QED) is 0.176. The maximum Gasteiger partial charge on any atom is 0.354 e. The van der Waals surface area contributed by atoms with Crippen LogP contribution in [0.3, 0.4) is 0 Å². The Kier molecular flexibility index (Phi) is 9.57. The molecule has 0 aliphatic heterocycles. The molecule has 1 amide bonds. The molecule has 7 nitrogen and oxygen atoms in total. The number of nitrogens with one attached hydrogen (secondary N) is 1. The zero-order valence-corrected chi connectivity index (χ0v) is 21.4. The van der Waals surface area contributed by atoms with Crippen LogP contribution in [0.4, 0.5) is 0 Å². The number of methoxy groups -OCH3 is 1. The first-order chi connectivity index (χ1) is 18.3. The number of carbonyl (C=O) groups excluding carboxylic acids is 2. The average molecular weight is 506 g/mol. The predicted octanol–water partition coefficient (Wildman–Crippen LogP) is 5.55. The van der Waals surface area contributed by atoms with Crippen molar-refractivity contribution in [2.24, 2.45) is 0 Å². The van der Waals surface area contributed by atoms with E-state index in [-0.39, 0.29) is 29.2 Å². The van der Waals surface area contributed by atoms with Crippen molar-refractivity contribution in [1.29, 1.82) is 10.5 Å². The predicted molar refractivity (Wildman–Crippen MR) is 145 cm³/mol. The van der Waals surface area contributed by atoms with Gasteiger partial charge < -0.3 is 14.8 Å². The highest BCUT2D eigenvalue weighted by atomic mass is 16.6. The third kappa shape index (κ3) is 7.43. The zero-order valence-electron chi connectivity index (χ0n) is 21.4. The summed E-state index contributed by atoms with van der Waals surface area (Å²) in [5.74, 6) is -0.687. The van der Waals surface area contributed by atoms with Gasteiger partial charge in [-0.05, 0) is 52.5 Å². The van der Waals surface area contributed by atoms with Crippen molar-refractivity contribution < 1.29 is 19.1 Å². The summed E-state index contributed by atoms with van der Waals surface area (Å²) < 4.78 is 10.8. The minimum Gasteiger partial charge on any atom is -0.493 e. The summed E-state index contributed by atoms with van der Waals surface area (Å²) in [4.78, 5) is 25.2. The fraction of sp³-hybridized carbons (Fsp3) is 0.161. The first-order valence-corrected chi connectivity index (χ1v) is 11.9. The lowest BCUT2D eigenvalue weighted by Gasteiger charge is -2.10. The Balaban J connectivity index is 1.74. The molecular weight excluding hydrogens is 478 g/mol.